The molecule has 0 aromatic heterocycles. The van der Waals surface area contributed by atoms with Gasteiger partial charge in [-0.2, -0.15) is 0 Å². The number of halogens is 2. The summed E-state index contributed by atoms with van der Waals surface area (Å²) in [5.41, 5.74) is -0.171. The predicted molar refractivity (Wildman–Crippen MR) is 123 cm³/mol. The van der Waals surface area contributed by atoms with Crippen molar-refractivity contribution in [3.8, 4) is 0 Å². The molecule has 4 aliphatic rings. The summed E-state index contributed by atoms with van der Waals surface area (Å²) < 4.78 is 13.1. The number of hydrogen-bond donors (Lipinski definition) is 3. The SMILES string of the molecule is CC[C@H]1[C@@H](O)C2C3CC[C@H]([C@H](C)CC(Cl)CF)[C@@]3(C)[C@@H](O)CC2[C@@]2(C)CC[C@@H](O)C[C@@H]12. The summed E-state index contributed by atoms with van der Waals surface area (Å²) in [6.07, 6.45) is 5.97. The van der Waals surface area contributed by atoms with Gasteiger partial charge in [0, 0.05) is 0 Å². The molecule has 0 aromatic rings. The number of alkyl halides is 2. The lowest BCUT2D eigenvalue weighted by atomic mass is 9.41. The highest BCUT2D eigenvalue weighted by atomic mass is 35.5. The van der Waals surface area contributed by atoms with Crippen LogP contribution in [0.3, 0.4) is 0 Å². The molecule has 0 aromatic carbocycles. The van der Waals surface area contributed by atoms with Crippen LogP contribution in [0.5, 0.6) is 0 Å². The van der Waals surface area contributed by atoms with Crippen LogP contribution in [0.15, 0.2) is 0 Å². The van der Waals surface area contributed by atoms with E-state index in [4.69, 9.17) is 11.6 Å². The molecule has 0 aliphatic heterocycles. The van der Waals surface area contributed by atoms with Gasteiger partial charge >= 0.3 is 0 Å². The first kappa shape index (κ1) is 24.2. The number of hydrogen-bond acceptors (Lipinski definition) is 3. The lowest BCUT2D eigenvalue weighted by molar-refractivity contribution is -0.228. The Balaban J connectivity index is 1.67. The summed E-state index contributed by atoms with van der Waals surface area (Å²) in [6.45, 7) is 8.49. The zero-order valence-corrected chi connectivity index (χ0v) is 20.6. The van der Waals surface area contributed by atoms with Gasteiger partial charge in [0.2, 0.25) is 0 Å². The Morgan fingerprint density at radius 1 is 1.03 bits per heavy atom. The topological polar surface area (TPSA) is 60.7 Å². The second-order valence-electron chi connectivity index (χ2n) is 12.2. The zero-order valence-electron chi connectivity index (χ0n) is 19.8. The third kappa shape index (κ3) is 3.61. The van der Waals surface area contributed by atoms with Gasteiger partial charge in [0.15, 0.2) is 0 Å². The number of rotatable bonds is 5. The fourth-order valence-corrected chi connectivity index (χ4v) is 9.80. The maximum Gasteiger partial charge on any atom is 0.106 e. The number of fused-ring (bicyclic) bond motifs is 5. The van der Waals surface area contributed by atoms with Gasteiger partial charge in [-0.3, -0.25) is 0 Å². The van der Waals surface area contributed by atoms with E-state index in [0.717, 1.165) is 44.9 Å². The van der Waals surface area contributed by atoms with Gasteiger partial charge in [-0.15, -0.1) is 11.6 Å². The molecule has 4 unspecified atom stereocenters. The first-order chi connectivity index (χ1) is 14.6. The summed E-state index contributed by atoms with van der Waals surface area (Å²) in [6, 6.07) is 0. The second kappa shape index (κ2) is 8.71. The standard InChI is InChI=1S/C26H44ClFO3/c1-5-17-20-11-16(29)8-9-25(20,3)21-12-22(30)26(4)18(14(2)10-15(27)13-28)6-7-19(26)23(21)24(17)31/h14-24,29-31H,5-13H2,1-4H3/t14-,15?,16-,17-,18-,19?,20+,21?,22+,23?,24-,25+,26-/m1/s1. The van der Waals surface area contributed by atoms with Gasteiger partial charge in [-0.1, -0.05) is 34.1 Å². The van der Waals surface area contributed by atoms with Crippen LogP contribution in [-0.4, -0.2) is 45.7 Å². The molecule has 4 fully saturated rings. The van der Waals surface area contributed by atoms with Crippen molar-refractivity contribution < 1.29 is 19.7 Å². The van der Waals surface area contributed by atoms with Crippen LogP contribution in [-0.2, 0) is 0 Å². The smallest absolute Gasteiger partial charge is 0.106 e. The van der Waals surface area contributed by atoms with Crippen molar-refractivity contribution in [3.63, 3.8) is 0 Å². The van der Waals surface area contributed by atoms with Crippen LogP contribution in [0.1, 0.15) is 79.1 Å². The van der Waals surface area contributed by atoms with Crippen LogP contribution >= 0.6 is 11.6 Å². The molecule has 5 heteroatoms. The van der Waals surface area contributed by atoms with Crippen LogP contribution in [0, 0.1) is 52.3 Å². The molecule has 0 spiro atoms. The molecule has 31 heavy (non-hydrogen) atoms. The molecule has 0 saturated heterocycles. The van der Waals surface area contributed by atoms with Gasteiger partial charge < -0.3 is 15.3 Å². The maximum atomic E-state index is 13.1. The molecule has 0 amide bonds. The molecule has 13 atom stereocenters. The predicted octanol–water partition coefficient (Wildman–Crippen LogP) is 5.19. The first-order valence-corrected chi connectivity index (χ1v) is 13.3. The normalized spacial score (nSPS) is 53.9. The third-order valence-electron chi connectivity index (χ3n) is 11.1. The summed E-state index contributed by atoms with van der Waals surface area (Å²) in [4.78, 5) is 0. The Kier molecular flexibility index (Phi) is 6.81. The molecule has 4 aliphatic carbocycles. The Labute approximate surface area is 193 Å². The van der Waals surface area contributed by atoms with Crippen molar-refractivity contribution >= 4 is 11.6 Å². The average molecular weight is 459 g/mol. The lowest BCUT2D eigenvalue weighted by Crippen LogP contribution is -2.65. The molecule has 180 valence electrons. The van der Waals surface area contributed by atoms with E-state index in [1.807, 2.05) is 0 Å². The van der Waals surface area contributed by atoms with E-state index in [-0.39, 0.29) is 40.8 Å². The highest BCUT2D eigenvalue weighted by Gasteiger charge is 2.67. The number of aliphatic hydroxyl groups excluding tert-OH is 3. The van der Waals surface area contributed by atoms with Gasteiger partial charge in [-0.25, -0.2) is 4.39 Å². The Morgan fingerprint density at radius 3 is 2.39 bits per heavy atom. The molecule has 4 saturated carbocycles. The molecular weight excluding hydrogens is 415 g/mol. The minimum atomic E-state index is -0.505. The minimum Gasteiger partial charge on any atom is -0.393 e. The highest BCUT2D eigenvalue weighted by molar-refractivity contribution is 6.20. The van der Waals surface area contributed by atoms with Crippen LogP contribution < -0.4 is 0 Å². The van der Waals surface area contributed by atoms with E-state index < -0.39 is 18.2 Å². The van der Waals surface area contributed by atoms with Gasteiger partial charge in [0.1, 0.15) is 6.67 Å². The van der Waals surface area contributed by atoms with E-state index in [0.29, 0.717) is 30.1 Å². The van der Waals surface area contributed by atoms with Gasteiger partial charge in [0.05, 0.1) is 23.7 Å². The molecular formula is C26H44ClFO3. The summed E-state index contributed by atoms with van der Waals surface area (Å²) in [5, 5.41) is 33.3. The van der Waals surface area contributed by atoms with Crippen molar-refractivity contribution in [1.29, 1.82) is 0 Å². The van der Waals surface area contributed by atoms with Crippen LogP contribution in [0.25, 0.3) is 0 Å². The van der Waals surface area contributed by atoms with Gasteiger partial charge in [-0.05, 0) is 97.2 Å². The van der Waals surface area contributed by atoms with Crippen molar-refractivity contribution in [2.24, 2.45) is 52.3 Å². The highest BCUT2D eigenvalue weighted by Crippen LogP contribution is 2.69. The fourth-order valence-electron chi connectivity index (χ4n) is 9.52. The zero-order chi connectivity index (χ0) is 22.7. The van der Waals surface area contributed by atoms with E-state index in [1.165, 1.54) is 0 Å². The first-order valence-electron chi connectivity index (χ1n) is 12.8. The van der Waals surface area contributed by atoms with E-state index >= 15 is 0 Å². The Hall–Kier alpha value is 0.1000. The van der Waals surface area contributed by atoms with Crippen molar-refractivity contribution in [3.05, 3.63) is 0 Å². The van der Waals surface area contributed by atoms with E-state index in [9.17, 15) is 19.7 Å². The largest absolute Gasteiger partial charge is 0.393 e. The van der Waals surface area contributed by atoms with E-state index in [2.05, 4.69) is 27.7 Å². The molecule has 0 heterocycles. The summed E-state index contributed by atoms with van der Waals surface area (Å²) in [5.74, 6) is 1.92. The molecule has 4 rings (SSSR count). The molecule has 3 N–H and O–H groups in total. The maximum absolute atomic E-state index is 13.1. The Bertz CT molecular complexity index is 648. The molecule has 0 radical (unpaired) electrons. The quantitative estimate of drug-likeness (QED) is 0.497. The summed E-state index contributed by atoms with van der Waals surface area (Å²) in [7, 11) is 0. The van der Waals surface area contributed by atoms with Crippen LogP contribution in [0.2, 0.25) is 0 Å². The number of aliphatic hydroxyl groups is 3. The monoisotopic (exact) mass is 458 g/mol. The average Bonchev–Trinajstić information content (AvgIpc) is 3.09. The second-order valence-corrected chi connectivity index (χ2v) is 12.8. The van der Waals surface area contributed by atoms with Crippen molar-refractivity contribution in [2.45, 2.75) is 103 Å². The summed E-state index contributed by atoms with van der Waals surface area (Å²) >= 11 is 6.18. The van der Waals surface area contributed by atoms with Crippen LogP contribution in [0.4, 0.5) is 4.39 Å². The van der Waals surface area contributed by atoms with Gasteiger partial charge in [0.25, 0.3) is 0 Å². The molecule has 3 nitrogen and oxygen atoms in total. The fraction of sp³-hybridized carbons (Fsp3) is 1.00. The van der Waals surface area contributed by atoms with Crippen molar-refractivity contribution in [1.82, 2.24) is 0 Å². The molecule has 0 bridgehead atoms. The third-order valence-corrected chi connectivity index (χ3v) is 11.3. The van der Waals surface area contributed by atoms with E-state index in [1.54, 1.807) is 0 Å². The lowest BCUT2D eigenvalue weighted by Gasteiger charge is -2.65. The Morgan fingerprint density at radius 2 is 1.74 bits per heavy atom. The van der Waals surface area contributed by atoms with Crippen molar-refractivity contribution in [2.75, 3.05) is 6.67 Å². The minimum absolute atomic E-state index is 0.0747.